The molecule has 0 aliphatic heterocycles. The second-order valence-corrected chi connectivity index (χ2v) is 5.61. The summed E-state index contributed by atoms with van der Waals surface area (Å²) in [5, 5.41) is 9.39. The van der Waals surface area contributed by atoms with Gasteiger partial charge in [-0.2, -0.15) is 0 Å². The average molecular weight is 327 g/mol. The summed E-state index contributed by atoms with van der Waals surface area (Å²) in [6, 6.07) is 16.5. The molecule has 25 heavy (non-hydrogen) atoms. The fourth-order valence-electron chi connectivity index (χ4n) is 2.77. The summed E-state index contributed by atoms with van der Waals surface area (Å²) in [7, 11) is 0. The smallest absolute Gasteiger partial charge is 0.356 e. The van der Waals surface area contributed by atoms with Crippen molar-refractivity contribution in [3.8, 4) is 11.8 Å². The van der Waals surface area contributed by atoms with Crippen LogP contribution in [0.2, 0.25) is 0 Å². The van der Waals surface area contributed by atoms with Crippen LogP contribution in [0.25, 0.3) is 16.6 Å². The Morgan fingerprint density at radius 3 is 2.56 bits per heavy atom. The van der Waals surface area contributed by atoms with Gasteiger partial charge < -0.3 is 15.2 Å². The number of carbonyl (C=O) groups is 1. The van der Waals surface area contributed by atoms with Crippen molar-refractivity contribution in [3.63, 3.8) is 0 Å². The van der Waals surface area contributed by atoms with E-state index in [1.165, 1.54) is 0 Å². The third-order valence-electron chi connectivity index (χ3n) is 3.90. The van der Waals surface area contributed by atoms with Gasteiger partial charge in [-0.15, -0.1) is 0 Å². The van der Waals surface area contributed by atoms with Gasteiger partial charge in [0.25, 0.3) is 0 Å². The Morgan fingerprint density at radius 2 is 1.80 bits per heavy atom. The molecule has 4 aromatic rings. The van der Waals surface area contributed by atoms with Crippen molar-refractivity contribution in [2.75, 3.05) is 5.73 Å². The first-order chi connectivity index (χ1) is 12.1. The maximum absolute atomic E-state index is 11.5. The lowest BCUT2D eigenvalue weighted by Crippen LogP contribution is -2.04. The lowest BCUT2D eigenvalue weighted by Gasteiger charge is -2.06. The minimum atomic E-state index is -1.05. The molecule has 5 nitrogen and oxygen atoms in total. The Hall–Kier alpha value is -3.78. The zero-order valence-electron chi connectivity index (χ0n) is 13.1. The number of rotatable bonds is 1. The molecule has 120 valence electrons. The van der Waals surface area contributed by atoms with Crippen molar-refractivity contribution >= 4 is 28.2 Å². The first-order valence-electron chi connectivity index (χ1n) is 7.63. The maximum atomic E-state index is 11.5. The molecule has 4 rings (SSSR count). The van der Waals surface area contributed by atoms with Crippen molar-refractivity contribution in [2.24, 2.45) is 0 Å². The molecule has 0 saturated heterocycles. The van der Waals surface area contributed by atoms with E-state index in [2.05, 4.69) is 16.8 Å². The van der Waals surface area contributed by atoms with E-state index in [4.69, 9.17) is 5.73 Å². The Kier molecular flexibility index (Phi) is 3.37. The Morgan fingerprint density at radius 1 is 1.00 bits per heavy atom. The highest BCUT2D eigenvalue weighted by molar-refractivity contribution is 5.97. The molecule has 2 aromatic heterocycles. The number of carboxylic acid groups (broad SMARTS) is 1. The minimum Gasteiger partial charge on any atom is -0.476 e. The van der Waals surface area contributed by atoms with Crippen LogP contribution in [-0.2, 0) is 0 Å². The molecule has 3 N–H and O–H groups in total. The van der Waals surface area contributed by atoms with Crippen LogP contribution in [0.1, 0.15) is 21.6 Å². The van der Waals surface area contributed by atoms with Gasteiger partial charge in [0, 0.05) is 23.0 Å². The first kappa shape index (κ1) is 14.8. The molecule has 0 unspecified atom stereocenters. The third kappa shape index (κ3) is 2.66. The number of nitrogens with two attached hydrogens (primary N) is 1. The number of hydrogen-bond donors (Lipinski definition) is 2. The standard InChI is InChI=1S/C20H13N3O2/c21-15-4-1-3-13(11-15)6-7-14-8-9-17-16(12-14)22-19(20(24)25)18-5-2-10-23(17)18/h1-5,8-12H,21H2,(H,24,25). The van der Waals surface area contributed by atoms with Crippen LogP contribution in [-0.4, -0.2) is 20.5 Å². The number of nitrogen functional groups attached to an aromatic ring is 1. The van der Waals surface area contributed by atoms with Gasteiger partial charge in [0.2, 0.25) is 0 Å². The number of aromatic carboxylic acids is 1. The highest BCUT2D eigenvalue weighted by Crippen LogP contribution is 2.20. The predicted octanol–water partition coefficient (Wildman–Crippen LogP) is 3.17. The Balaban J connectivity index is 1.85. The molecule has 0 spiro atoms. The molecule has 0 saturated carbocycles. The topological polar surface area (TPSA) is 80.6 Å². The lowest BCUT2D eigenvalue weighted by molar-refractivity contribution is 0.0693. The quantitative estimate of drug-likeness (QED) is 0.416. The van der Waals surface area contributed by atoms with Crippen LogP contribution < -0.4 is 5.73 Å². The van der Waals surface area contributed by atoms with E-state index >= 15 is 0 Å². The third-order valence-corrected chi connectivity index (χ3v) is 3.90. The second kappa shape index (κ2) is 5.69. The van der Waals surface area contributed by atoms with Crippen LogP contribution in [0, 0.1) is 11.8 Å². The van der Waals surface area contributed by atoms with Gasteiger partial charge in [0.1, 0.15) is 0 Å². The van der Waals surface area contributed by atoms with E-state index in [1.54, 1.807) is 30.3 Å². The summed E-state index contributed by atoms with van der Waals surface area (Å²) < 4.78 is 1.82. The highest BCUT2D eigenvalue weighted by atomic mass is 16.4. The van der Waals surface area contributed by atoms with Crippen molar-refractivity contribution in [3.05, 3.63) is 77.6 Å². The molecule has 0 amide bonds. The molecule has 0 radical (unpaired) electrons. The molecule has 0 aliphatic carbocycles. The molecular formula is C20H13N3O2. The van der Waals surface area contributed by atoms with E-state index < -0.39 is 5.97 Å². The summed E-state index contributed by atoms with van der Waals surface area (Å²) in [5.41, 5.74) is 10.00. The van der Waals surface area contributed by atoms with Gasteiger partial charge in [0.15, 0.2) is 5.69 Å². The van der Waals surface area contributed by atoms with E-state index in [0.29, 0.717) is 16.7 Å². The van der Waals surface area contributed by atoms with Crippen LogP contribution >= 0.6 is 0 Å². The molecule has 0 fully saturated rings. The Bertz CT molecular complexity index is 1200. The lowest BCUT2D eigenvalue weighted by atomic mass is 10.1. The van der Waals surface area contributed by atoms with Crippen molar-refractivity contribution < 1.29 is 9.90 Å². The molecular weight excluding hydrogens is 314 g/mol. The molecule has 0 atom stereocenters. The summed E-state index contributed by atoms with van der Waals surface area (Å²) in [6.07, 6.45) is 1.82. The van der Waals surface area contributed by atoms with Gasteiger partial charge in [-0.3, -0.25) is 0 Å². The highest BCUT2D eigenvalue weighted by Gasteiger charge is 2.13. The van der Waals surface area contributed by atoms with Gasteiger partial charge in [-0.05, 0) is 48.5 Å². The number of aromatic nitrogens is 2. The van der Waals surface area contributed by atoms with E-state index in [-0.39, 0.29) is 5.69 Å². The maximum Gasteiger partial charge on any atom is 0.356 e. The van der Waals surface area contributed by atoms with E-state index in [9.17, 15) is 9.90 Å². The monoisotopic (exact) mass is 327 g/mol. The first-order valence-corrected chi connectivity index (χ1v) is 7.63. The van der Waals surface area contributed by atoms with Crippen LogP contribution in [0.3, 0.4) is 0 Å². The van der Waals surface area contributed by atoms with Crippen molar-refractivity contribution in [1.82, 2.24) is 9.38 Å². The largest absolute Gasteiger partial charge is 0.476 e. The number of nitrogens with zero attached hydrogens (tertiary/aromatic N) is 2. The SMILES string of the molecule is Nc1cccc(C#Cc2ccc3c(c2)nc(C(=O)O)c2cccn23)c1. The summed E-state index contributed by atoms with van der Waals surface area (Å²) in [4.78, 5) is 15.8. The molecule has 2 heterocycles. The number of hydrogen-bond acceptors (Lipinski definition) is 3. The van der Waals surface area contributed by atoms with E-state index in [0.717, 1.165) is 16.6 Å². The zero-order chi connectivity index (χ0) is 17.4. The summed E-state index contributed by atoms with van der Waals surface area (Å²) in [6.45, 7) is 0. The fourth-order valence-corrected chi connectivity index (χ4v) is 2.77. The van der Waals surface area contributed by atoms with Gasteiger partial charge in [0.05, 0.1) is 16.6 Å². The number of benzene rings is 2. The normalized spacial score (nSPS) is 10.6. The number of anilines is 1. The van der Waals surface area contributed by atoms with E-state index in [1.807, 2.05) is 34.9 Å². The molecule has 5 heteroatoms. The molecule has 2 aromatic carbocycles. The average Bonchev–Trinajstić information content (AvgIpc) is 3.08. The second-order valence-electron chi connectivity index (χ2n) is 5.61. The van der Waals surface area contributed by atoms with Crippen LogP contribution in [0.4, 0.5) is 5.69 Å². The van der Waals surface area contributed by atoms with Crippen molar-refractivity contribution in [2.45, 2.75) is 0 Å². The van der Waals surface area contributed by atoms with Crippen LogP contribution in [0.5, 0.6) is 0 Å². The number of carboxylic acids is 1. The Labute approximate surface area is 143 Å². The minimum absolute atomic E-state index is 0.0263. The van der Waals surface area contributed by atoms with Gasteiger partial charge in [-0.1, -0.05) is 17.9 Å². The number of fused-ring (bicyclic) bond motifs is 3. The molecule has 0 aliphatic rings. The summed E-state index contributed by atoms with van der Waals surface area (Å²) in [5.74, 6) is 5.07. The fraction of sp³-hybridized carbons (Fsp3) is 0. The van der Waals surface area contributed by atoms with Gasteiger partial charge in [-0.25, -0.2) is 9.78 Å². The molecule has 0 bridgehead atoms. The zero-order valence-corrected chi connectivity index (χ0v) is 13.1. The van der Waals surface area contributed by atoms with Crippen LogP contribution in [0.15, 0.2) is 60.8 Å². The summed E-state index contributed by atoms with van der Waals surface area (Å²) >= 11 is 0. The van der Waals surface area contributed by atoms with Gasteiger partial charge >= 0.3 is 5.97 Å². The van der Waals surface area contributed by atoms with Crippen molar-refractivity contribution in [1.29, 1.82) is 0 Å². The predicted molar refractivity (Wildman–Crippen MR) is 96.5 cm³/mol.